The zero-order chi connectivity index (χ0) is 17.1. The number of ether oxygens (including phenoxy) is 1. The summed E-state index contributed by atoms with van der Waals surface area (Å²) in [5, 5.41) is 4.29. The van der Waals surface area contributed by atoms with Gasteiger partial charge in [0.25, 0.3) is 0 Å². The maximum atomic E-state index is 13.2. The van der Waals surface area contributed by atoms with Crippen LogP contribution in [0.15, 0.2) is 36.7 Å². The highest BCUT2D eigenvalue weighted by atomic mass is 32.2. The number of aryl methyl sites for hydroxylation is 1. The number of aromatic nitrogens is 2. The van der Waals surface area contributed by atoms with Gasteiger partial charge < -0.3 is 9.64 Å². The van der Waals surface area contributed by atoms with Crippen molar-refractivity contribution in [3.8, 4) is 5.75 Å². The Morgan fingerprint density at radius 2 is 2.33 bits per heavy atom. The Bertz CT molecular complexity index is 710. The van der Waals surface area contributed by atoms with Gasteiger partial charge in [0.1, 0.15) is 5.75 Å². The van der Waals surface area contributed by atoms with E-state index in [2.05, 4.69) is 12.0 Å². The summed E-state index contributed by atoms with van der Waals surface area (Å²) in [6.07, 6.45) is 5.71. The molecule has 6 heteroatoms. The molecule has 0 unspecified atom stereocenters. The van der Waals surface area contributed by atoms with Crippen LogP contribution in [-0.2, 0) is 11.8 Å². The molecule has 2 heterocycles. The van der Waals surface area contributed by atoms with Gasteiger partial charge in [0, 0.05) is 13.2 Å². The van der Waals surface area contributed by atoms with E-state index >= 15 is 0 Å². The molecule has 1 aliphatic heterocycles. The van der Waals surface area contributed by atoms with Crippen LogP contribution in [0.2, 0.25) is 0 Å². The van der Waals surface area contributed by atoms with Crippen LogP contribution in [0, 0.1) is 0 Å². The first-order chi connectivity index (χ1) is 11.6. The lowest BCUT2D eigenvalue weighted by Gasteiger charge is -2.30. The molecule has 24 heavy (non-hydrogen) atoms. The molecule has 0 radical (unpaired) electrons. The zero-order valence-electron chi connectivity index (χ0n) is 14.3. The Morgan fingerprint density at radius 1 is 1.50 bits per heavy atom. The average molecular weight is 345 g/mol. The molecule has 2 atom stereocenters. The summed E-state index contributed by atoms with van der Waals surface area (Å²) >= 11 is 1.76. The van der Waals surface area contributed by atoms with Crippen molar-refractivity contribution in [2.24, 2.45) is 7.05 Å². The fourth-order valence-electron chi connectivity index (χ4n) is 3.05. The van der Waals surface area contributed by atoms with Crippen LogP contribution < -0.4 is 9.64 Å². The highest BCUT2D eigenvalue weighted by molar-refractivity contribution is 8.00. The van der Waals surface area contributed by atoms with Crippen LogP contribution in [0.1, 0.15) is 31.4 Å². The minimum absolute atomic E-state index is 0.0401. The molecule has 1 aliphatic rings. The Kier molecular flexibility index (Phi) is 5.14. The molecular formula is C18H23N3O2S. The minimum Gasteiger partial charge on any atom is -0.497 e. The number of methoxy groups -OCH3 is 1. The summed E-state index contributed by atoms with van der Waals surface area (Å²) in [4.78, 5) is 15.0. The summed E-state index contributed by atoms with van der Waals surface area (Å²) in [6, 6.07) is 7.81. The van der Waals surface area contributed by atoms with E-state index in [1.165, 1.54) is 0 Å². The highest BCUT2D eigenvalue weighted by Crippen LogP contribution is 2.34. The number of anilines is 1. The molecule has 5 nitrogen and oxygen atoms in total. The molecule has 1 saturated heterocycles. The predicted octanol–water partition coefficient (Wildman–Crippen LogP) is 3.42. The number of rotatable bonds is 5. The van der Waals surface area contributed by atoms with Crippen LogP contribution in [0.3, 0.4) is 0 Å². The van der Waals surface area contributed by atoms with E-state index in [1.807, 2.05) is 42.4 Å². The molecule has 1 aromatic heterocycles. The Balaban J connectivity index is 1.95. The number of carbonyl (C=O) groups excluding carboxylic acids is 1. The van der Waals surface area contributed by atoms with E-state index < -0.39 is 0 Å². The average Bonchev–Trinajstić information content (AvgIpc) is 3.27. The maximum Gasteiger partial charge on any atom is 0.240 e. The maximum absolute atomic E-state index is 13.2. The van der Waals surface area contributed by atoms with E-state index in [0.717, 1.165) is 35.6 Å². The number of carbonyl (C=O) groups is 1. The molecule has 2 aromatic rings. The fraction of sp³-hybridized carbons (Fsp3) is 0.444. The van der Waals surface area contributed by atoms with Gasteiger partial charge in [-0.25, -0.2) is 0 Å². The van der Waals surface area contributed by atoms with Crippen molar-refractivity contribution in [1.29, 1.82) is 0 Å². The minimum atomic E-state index is -0.0852. The van der Waals surface area contributed by atoms with Gasteiger partial charge in [0.2, 0.25) is 5.91 Å². The van der Waals surface area contributed by atoms with Crippen molar-refractivity contribution in [3.05, 3.63) is 42.2 Å². The monoisotopic (exact) mass is 345 g/mol. The van der Waals surface area contributed by atoms with Gasteiger partial charge in [0.15, 0.2) is 0 Å². The third-order valence-electron chi connectivity index (χ3n) is 4.38. The van der Waals surface area contributed by atoms with Crippen LogP contribution in [0.25, 0.3) is 0 Å². The van der Waals surface area contributed by atoms with Gasteiger partial charge in [-0.2, -0.15) is 5.10 Å². The lowest BCUT2D eigenvalue weighted by molar-refractivity contribution is -0.118. The third-order valence-corrected chi connectivity index (χ3v) is 5.74. The van der Waals surface area contributed by atoms with E-state index in [1.54, 1.807) is 29.8 Å². The lowest BCUT2D eigenvalue weighted by Crippen LogP contribution is -2.38. The molecule has 0 spiro atoms. The normalized spacial score (nSPS) is 18.4. The van der Waals surface area contributed by atoms with E-state index in [-0.39, 0.29) is 17.2 Å². The topological polar surface area (TPSA) is 47.4 Å². The van der Waals surface area contributed by atoms with Crippen molar-refractivity contribution in [3.63, 3.8) is 0 Å². The van der Waals surface area contributed by atoms with E-state index in [0.29, 0.717) is 0 Å². The van der Waals surface area contributed by atoms with Gasteiger partial charge in [-0.05, 0) is 43.2 Å². The smallest absolute Gasteiger partial charge is 0.240 e. The first-order valence-corrected chi connectivity index (χ1v) is 9.22. The third kappa shape index (κ3) is 3.43. The number of benzene rings is 1. The molecular weight excluding hydrogens is 322 g/mol. The summed E-state index contributed by atoms with van der Waals surface area (Å²) < 4.78 is 7.06. The molecule has 128 valence electrons. The second kappa shape index (κ2) is 7.30. The molecule has 3 rings (SSSR count). The summed E-state index contributed by atoms with van der Waals surface area (Å²) in [5.74, 6) is 2.03. The first-order valence-electron chi connectivity index (χ1n) is 8.17. The zero-order valence-corrected chi connectivity index (χ0v) is 15.1. The second-order valence-electron chi connectivity index (χ2n) is 6.03. The lowest BCUT2D eigenvalue weighted by atomic mass is 10.0. The van der Waals surface area contributed by atoms with Crippen LogP contribution >= 0.6 is 11.8 Å². The van der Waals surface area contributed by atoms with Crippen LogP contribution in [-0.4, -0.2) is 33.8 Å². The molecule has 1 aromatic carbocycles. The molecule has 1 amide bonds. The number of hydrogen-bond donors (Lipinski definition) is 0. The molecule has 0 aliphatic carbocycles. The van der Waals surface area contributed by atoms with Crippen molar-refractivity contribution in [1.82, 2.24) is 9.78 Å². The SMILES string of the molecule is COc1cccc([C@H](C)N(C(=O)[C@@H]2CCCS2)c2cnn(C)c2)c1. The number of hydrogen-bond acceptors (Lipinski definition) is 4. The standard InChI is InChI=1S/C18H23N3O2S/c1-13(14-6-4-7-16(10-14)23-3)21(15-11-19-20(2)12-15)18(22)17-8-5-9-24-17/h4,6-7,10-13,17H,5,8-9H2,1-3H3/t13-,17-/m0/s1. The largest absolute Gasteiger partial charge is 0.497 e. The van der Waals surface area contributed by atoms with Gasteiger partial charge in [-0.1, -0.05) is 12.1 Å². The molecule has 0 bridgehead atoms. The van der Waals surface area contributed by atoms with Gasteiger partial charge >= 0.3 is 0 Å². The van der Waals surface area contributed by atoms with E-state index in [4.69, 9.17) is 4.74 Å². The fourth-order valence-corrected chi connectivity index (χ4v) is 4.26. The molecule has 0 saturated carbocycles. The summed E-state index contributed by atoms with van der Waals surface area (Å²) in [5.41, 5.74) is 1.89. The molecule has 1 fully saturated rings. The highest BCUT2D eigenvalue weighted by Gasteiger charge is 2.32. The Morgan fingerprint density at radius 3 is 2.96 bits per heavy atom. The number of amides is 1. The number of nitrogens with zero attached hydrogens (tertiary/aromatic N) is 3. The summed E-state index contributed by atoms with van der Waals surface area (Å²) in [6.45, 7) is 2.05. The van der Waals surface area contributed by atoms with Crippen LogP contribution in [0.5, 0.6) is 5.75 Å². The molecule has 0 N–H and O–H groups in total. The van der Waals surface area contributed by atoms with E-state index in [9.17, 15) is 4.79 Å². The van der Waals surface area contributed by atoms with Crippen LogP contribution in [0.4, 0.5) is 5.69 Å². The van der Waals surface area contributed by atoms with Gasteiger partial charge in [0.05, 0.1) is 30.3 Å². The quantitative estimate of drug-likeness (QED) is 0.833. The van der Waals surface area contributed by atoms with Gasteiger partial charge in [-0.3, -0.25) is 9.48 Å². The Hall–Kier alpha value is -1.95. The van der Waals surface area contributed by atoms with Crippen molar-refractivity contribution >= 4 is 23.4 Å². The van der Waals surface area contributed by atoms with Crippen molar-refractivity contribution in [2.45, 2.75) is 31.1 Å². The predicted molar refractivity (Wildman–Crippen MR) is 97.6 cm³/mol. The second-order valence-corrected chi connectivity index (χ2v) is 7.35. The summed E-state index contributed by atoms with van der Waals surface area (Å²) in [7, 11) is 3.52. The van der Waals surface area contributed by atoms with Crippen molar-refractivity contribution in [2.75, 3.05) is 17.8 Å². The first kappa shape index (κ1) is 16.9. The number of thioether (sulfide) groups is 1. The Labute approximate surface area is 147 Å². The van der Waals surface area contributed by atoms with Gasteiger partial charge in [-0.15, -0.1) is 11.8 Å². The van der Waals surface area contributed by atoms with Crippen molar-refractivity contribution < 1.29 is 9.53 Å².